The van der Waals surface area contributed by atoms with Crippen LogP contribution in [0.4, 0.5) is 0 Å². The van der Waals surface area contributed by atoms with Gasteiger partial charge in [0.25, 0.3) is 0 Å². The van der Waals surface area contributed by atoms with Crippen molar-refractivity contribution in [1.29, 1.82) is 0 Å². The van der Waals surface area contributed by atoms with E-state index in [1.54, 1.807) is 0 Å². The number of rotatable bonds is 9. The van der Waals surface area contributed by atoms with Crippen LogP contribution in [0.25, 0.3) is 0 Å². The number of methoxy groups -OCH3 is 1. The van der Waals surface area contributed by atoms with Crippen molar-refractivity contribution in [2.45, 2.75) is 131 Å². The van der Waals surface area contributed by atoms with E-state index >= 15 is 0 Å². The van der Waals surface area contributed by atoms with E-state index in [2.05, 4.69) is 68.4 Å². The Balaban J connectivity index is 1.64. The summed E-state index contributed by atoms with van der Waals surface area (Å²) in [7, 11) is 1.84. The van der Waals surface area contributed by atoms with Gasteiger partial charge in [-0.15, -0.1) is 0 Å². The molecule has 2 bridgehead atoms. The number of carboxylic acids is 1. The maximum Gasteiger partial charge on any atom is 0.307 e. The lowest BCUT2D eigenvalue weighted by atomic mass is 9.34. The van der Waals surface area contributed by atoms with Crippen LogP contribution in [0.5, 0.6) is 0 Å². The fourth-order valence-electron chi connectivity index (χ4n) is 11.8. The van der Waals surface area contributed by atoms with E-state index in [4.69, 9.17) is 19.9 Å². The average Bonchev–Trinajstić information content (AvgIpc) is 2.95. The normalized spacial score (nSPS) is 46.8. The number of fused-ring (bicyclic) bond motifs is 3. The van der Waals surface area contributed by atoms with Crippen LogP contribution in [-0.2, 0) is 19.0 Å². The predicted molar refractivity (Wildman–Crippen MR) is 172 cm³/mol. The molecule has 0 aromatic carbocycles. The number of carbonyl (C=O) groups is 1. The number of allylic oxidation sites excluding steroid dienone is 1. The van der Waals surface area contributed by atoms with Crippen molar-refractivity contribution in [3.8, 4) is 0 Å². The van der Waals surface area contributed by atoms with Gasteiger partial charge in [0.05, 0.1) is 37.9 Å². The third-order valence-corrected chi connectivity index (χ3v) is 15.3. The van der Waals surface area contributed by atoms with Crippen molar-refractivity contribution in [2.75, 3.05) is 26.9 Å². The number of carboxylic acid groups (broad SMARTS) is 1. The quantitative estimate of drug-likeness (QED) is 0.266. The van der Waals surface area contributed by atoms with E-state index in [9.17, 15) is 9.90 Å². The van der Waals surface area contributed by atoms with E-state index in [1.807, 2.05) is 7.11 Å². The minimum Gasteiger partial charge on any atom is -0.481 e. The highest BCUT2D eigenvalue weighted by Crippen LogP contribution is 2.75. The van der Waals surface area contributed by atoms with Gasteiger partial charge < -0.3 is 25.1 Å². The van der Waals surface area contributed by atoms with Crippen molar-refractivity contribution in [1.82, 2.24) is 0 Å². The van der Waals surface area contributed by atoms with Crippen molar-refractivity contribution in [3.05, 3.63) is 11.6 Å². The minimum atomic E-state index is -0.613. The Bertz CT molecular complexity index is 1100. The zero-order valence-electron chi connectivity index (χ0n) is 29.1. The van der Waals surface area contributed by atoms with Crippen LogP contribution in [-0.4, -0.2) is 55.8 Å². The molecule has 0 aromatic rings. The number of ether oxygens (including phenoxy) is 3. The summed E-state index contributed by atoms with van der Waals surface area (Å²) in [6.45, 7) is 22.5. The standard InChI is InChI=1S/C37H63NO5/c1-11-36(38,12-2)21-43-30-27(41-10)19-32(6)20-42-22-37(30)26-15-16-35(9)29(31(39)40)33(7,24(5)23(3)4)17-18-34(35,8)25(26)13-14-28(32)37/h15,23-25,27-30H,11-14,16-22,38H2,1-10H3,(H,39,40)/t24-,25+,27-,28-,29-,30+,32-,33-,34-,35+,37+/m1/s1. The van der Waals surface area contributed by atoms with Crippen molar-refractivity contribution in [2.24, 2.45) is 62.4 Å². The highest BCUT2D eigenvalue weighted by molar-refractivity contribution is 5.73. The molecular formula is C37H63NO5. The first kappa shape index (κ1) is 33.4. The lowest BCUT2D eigenvalue weighted by molar-refractivity contribution is -0.270. The Morgan fingerprint density at radius 2 is 1.77 bits per heavy atom. The molecule has 11 atom stereocenters. The lowest BCUT2D eigenvalue weighted by Crippen LogP contribution is -2.71. The molecule has 6 nitrogen and oxygen atoms in total. The molecular weight excluding hydrogens is 538 g/mol. The second-order valence-electron chi connectivity index (χ2n) is 17.2. The molecule has 43 heavy (non-hydrogen) atoms. The van der Waals surface area contributed by atoms with Crippen LogP contribution in [0.2, 0.25) is 0 Å². The van der Waals surface area contributed by atoms with Gasteiger partial charge in [-0.3, -0.25) is 4.79 Å². The largest absolute Gasteiger partial charge is 0.481 e. The molecule has 4 aliphatic carbocycles. The van der Waals surface area contributed by atoms with Crippen LogP contribution in [0, 0.1) is 56.7 Å². The Morgan fingerprint density at radius 3 is 2.35 bits per heavy atom. The molecule has 0 radical (unpaired) electrons. The summed E-state index contributed by atoms with van der Waals surface area (Å²) in [5.41, 5.74) is 6.97. The molecule has 0 aromatic heterocycles. The molecule has 0 spiro atoms. The molecule has 4 fully saturated rings. The Hall–Kier alpha value is -0.950. The second-order valence-corrected chi connectivity index (χ2v) is 17.2. The Morgan fingerprint density at radius 1 is 1.09 bits per heavy atom. The molecule has 246 valence electrons. The van der Waals surface area contributed by atoms with Crippen LogP contribution >= 0.6 is 0 Å². The highest BCUT2D eigenvalue weighted by Gasteiger charge is 2.72. The number of hydrogen-bond acceptors (Lipinski definition) is 5. The van der Waals surface area contributed by atoms with Gasteiger partial charge in [-0.2, -0.15) is 0 Å². The van der Waals surface area contributed by atoms with E-state index in [1.165, 1.54) is 5.57 Å². The van der Waals surface area contributed by atoms with Crippen LogP contribution in [0.3, 0.4) is 0 Å². The topological polar surface area (TPSA) is 91.0 Å². The Labute approximate surface area is 262 Å². The first-order valence-corrected chi connectivity index (χ1v) is 17.5. The lowest BCUT2D eigenvalue weighted by Gasteiger charge is -2.71. The zero-order valence-corrected chi connectivity index (χ0v) is 29.1. The smallest absolute Gasteiger partial charge is 0.307 e. The molecule has 1 aliphatic heterocycles. The first-order chi connectivity index (χ1) is 20.0. The summed E-state index contributed by atoms with van der Waals surface area (Å²) in [4.78, 5) is 13.4. The van der Waals surface area contributed by atoms with Gasteiger partial charge in [0, 0.05) is 18.1 Å². The number of nitrogens with two attached hydrogens (primary N) is 1. The van der Waals surface area contributed by atoms with Gasteiger partial charge in [0.1, 0.15) is 0 Å². The van der Waals surface area contributed by atoms with Gasteiger partial charge in [-0.25, -0.2) is 0 Å². The monoisotopic (exact) mass is 601 g/mol. The van der Waals surface area contributed by atoms with Crippen molar-refractivity contribution < 1.29 is 24.1 Å². The Kier molecular flexibility index (Phi) is 8.62. The molecule has 3 saturated carbocycles. The third-order valence-electron chi connectivity index (χ3n) is 15.3. The molecule has 6 heteroatoms. The van der Waals surface area contributed by atoms with Gasteiger partial charge >= 0.3 is 5.97 Å². The van der Waals surface area contributed by atoms with Crippen LogP contribution in [0.1, 0.15) is 114 Å². The van der Waals surface area contributed by atoms with Crippen LogP contribution in [0.15, 0.2) is 11.6 Å². The molecule has 1 heterocycles. The fourth-order valence-corrected chi connectivity index (χ4v) is 11.8. The molecule has 5 aliphatic rings. The summed E-state index contributed by atoms with van der Waals surface area (Å²) in [5, 5.41) is 11.0. The van der Waals surface area contributed by atoms with Crippen molar-refractivity contribution >= 4 is 5.97 Å². The molecule has 0 amide bonds. The maximum atomic E-state index is 13.4. The molecule has 5 rings (SSSR count). The van der Waals surface area contributed by atoms with Gasteiger partial charge in [-0.1, -0.05) is 74.0 Å². The zero-order chi connectivity index (χ0) is 31.8. The summed E-state index contributed by atoms with van der Waals surface area (Å²) < 4.78 is 20.0. The molecule has 1 saturated heterocycles. The summed E-state index contributed by atoms with van der Waals surface area (Å²) in [6.07, 6.45) is 10.0. The summed E-state index contributed by atoms with van der Waals surface area (Å²) in [6, 6.07) is 0. The second kappa shape index (κ2) is 11.1. The molecule has 3 N–H and O–H groups in total. The van der Waals surface area contributed by atoms with Crippen LogP contribution < -0.4 is 5.73 Å². The first-order valence-electron chi connectivity index (χ1n) is 17.5. The van der Waals surface area contributed by atoms with E-state index in [0.29, 0.717) is 36.9 Å². The number of aliphatic carboxylic acids is 1. The van der Waals surface area contributed by atoms with Gasteiger partial charge in [-0.05, 0) is 96.7 Å². The van der Waals surface area contributed by atoms with E-state index in [-0.39, 0.29) is 44.8 Å². The SMILES string of the molecule is CCC(N)(CC)CO[C@H]1[C@H](OC)C[C@]2(C)COC[C@@]13C1=CC[C@@]4(C)[C@H](C(=O)O)[C@@](C)([C@H](C)C(C)C)CC[C@]4(C)[C@H]1CC[C@H]23. The predicted octanol–water partition coefficient (Wildman–Crippen LogP) is 7.49. The van der Waals surface area contributed by atoms with E-state index < -0.39 is 11.9 Å². The average molecular weight is 602 g/mol. The minimum absolute atomic E-state index is 0.0169. The number of hydrogen-bond donors (Lipinski definition) is 2. The highest BCUT2D eigenvalue weighted by atomic mass is 16.5. The van der Waals surface area contributed by atoms with Crippen molar-refractivity contribution in [3.63, 3.8) is 0 Å². The fraction of sp³-hybridized carbons (Fsp3) is 0.919. The van der Waals surface area contributed by atoms with Gasteiger partial charge in [0.15, 0.2) is 0 Å². The maximum absolute atomic E-state index is 13.4. The third kappa shape index (κ3) is 4.57. The van der Waals surface area contributed by atoms with Gasteiger partial charge in [0.2, 0.25) is 0 Å². The summed E-state index contributed by atoms with van der Waals surface area (Å²) >= 11 is 0. The molecule has 0 unspecified atom stereocenters. The van der Waals surface area contributed by atoms with E-state index in [0.717, 1.165) is 58.0 Å². The summed E-state index contributed by atoms with van der Waals surface area (Å²) in [5.74, 6) is 0.505.